The van der Waals surface area contributed by atoms with Crippen LogP contribution >= 0.6 is 0 Å². The van der Waals surface area contributed by atoms with E-state index >= 15 is 0 Å². The van der Waals surface area contributed by atoms with Gasteiger partial charge in [0.25, 0.3) is 0 Å². The number of aliphatic carboxylic acids is 1. The van der Waals surface area contributed by atoms with Crippen LogP contribution in [0.15, 0.2) is 11.6 Å². The van der Waals surface area contributed by atoms with Gasteiger partial charge in [0.05, 0.1) is 0 Å². The molecule has 0 atom stereocenters. The lowest BCUT2D eigenvalue weighted by molar-refractivity contribution is -0.382. The molecule has 0 fully saturated rings. The maximum absolute atomic E-state index is 13.1. The van der Waals surface area contributed by atoms with Crippen molar-refractivity contribution < 1.29 is 53.8 Å². The molecule has 0 aliphatic heterocycles. The number of hydrogen-bond acceptors (Lipinski definition) is 1. The van der Waals surface area contributed by atoms with Crippen LogP contribution in [-0.2, 0) is 4.79 Å². The number of carboxylic acid groups (broad SMARTS) is 1. The minimum absolute atomic E-state index is 0.118. The molecular formula is C10H8F10O2. The number of halogens is 10. The summed E-state index contributed by atoms with van der Waals surface area (Å²) < 4.78 is 126. The first kappa shape index (κ1) is 20.5. The summed E-state index contributed by atoms with van der Waals surface area (Å²) in [6.07, 6.45) is -7.81. The van der Waals surface area contributed by atoms with Crippen LogP contribution in [0, 0.1) is 0 Å². The van der Waals surface area contributed by atoms with E-state index in [9.17, 15) is 48.7 Å². The number of allylic oxidation sites excluding steroid dienone is 1. The van der Waals surface area contributed by atoms with Crippen molar-refractivity contribution in [1.29, 1.82) is 0 Å². The monoisotopic (exact) mass is 350 g/mol. The Hall–Kier alpha value is -1.49. The maximum Gasteiger partial charge on any atom is 0.384 e. The van der Waals surface area contributed by atoms with Gasteiger partial charge in [-0.3, -0.25) is 0 Å². The van der Waals surface area contributed by atoms with E-state index in [0.717, 1.165) is 0 Å². The average Bonchev–Trinajstić information content (AvgIpc) is 2.34. The van der Waals surface area contributed by atoms with Crippen molar-refractivity contribution in [2.75, 3.05) is 0 Å². The molecular weight excluding hydrogens is 342 g/mol. The predicted octanol–water partition coefficient (Wildman–Crippen LogP) is 4.21. The molecule has 0 saturated carbocycles. The Bertz CT molecular complexity index is 455. The summed E-state index contributed by atoms with van der Waals surface area (Å²) >= 11 is 0. The van der Waals surface area contributed by atoms with Crippen LogP contribution in [0.3, 0.4) is 0 Å². The molecule has 0 aromatic carbocycles. The van der Waals surface area contributed by atoms with Crippen LogP contribution in [0.4, 0.5) is 43.9 Å². The molecule has 0 saturated heterocycles. The van der Waals surface area contributed by atoms with Crippen LogP contribution in [0.1, 0.15) is 13.3 Å². The smallest absolute Gasteiger partial charge is 0.384 e. The Morgan fingerprint density at radius 2 is 1.41 bits per heavy atom. The highest BCUT2D eigenvalue weighted by Crippen LogP contribution is 2.55. The van der Waals surface area contributed by atoms with Crippen LogP contribution < -0.4 is 0 Å². The van der Waals surface area contributed by atoms with Gasteiger partial charge in [0.2, 0.25) is 0 Å². The molecule has 0 aromatic rings. The van der Waals surface area contributed by atoms with Crippen LogP contribution in [0.2, 0.25) is 0 Å². The van der Waals surface area contributed by atoms with Gasteiger partial charge in [-0.15, -0.1) is 0 Å². The number of hydrogen-bond donors (Lipinski definition) is 1. The van der Waals surface area contributed by atoms with Crippen molar-refractivity contribution in [3.05, 3.63) is 11.6 Å². The molecule has 2 nitrogen and oxygen atoms in total. The molecule has 1 N–H and O–H groups in total. The van der Waals surface area contributed by atoms with Crippen molar-refractivity contribution >= 4 is 5.97 Å². The summed E-state index contributed by atoms with van der Waals surface area (Å²) in [6.45, 7) is 0.641. The predicted molar refractivity (Wildman–Crippen MR) is 51.8 cm³/mol. The Balaban J connectivity index is 5.70. The lowest BCUT2D eigenvalue weighted by Crippen LogP contribution is -2.64. The fourth-order valence-electron chi connectivity index (χ4n) is 1.07. The minimum Gasteiger partial charge on any atom is -0.478 e. The fraction of sp³-hybridized carbons (Fsp3) is 0.700. The zero-order valence-electron chi connectivity index (χ0n) is 10.5. The molecule has 0 heterocycles. The van der Waals surface area contributed by atoms with Crippen LogP contribution in [0.25, 0.3) is 0 Å². The quantitative estimate of drug-likeness (QED) is 0.552. The molecule has 0 spiro atoms. The Labute approximate surface area is 116 Å². The molecule has 0 bridgehead atoms. The SMILES string of the molecule is CC(=CCC(F)(F)C(F)(F)C(F)(F)C(F)(F)C(F)F)C(=O)O. The molecule has 0 aromatic heterocycles. The van der Waals surface area contributed by atoms with Gasteiger partial charge in [-0.1, -0.05) is 6.08 Å². The van der Waals surface area contributed by atoms with Gasteiger partial charge in [-0.05, 0) is 6.92 Å². The van der Waals surface area contributed by atoms with Crippen LogP contribution in [-0.4, -0.2) is 41.2 Å². The Morgan fingerprint density at radius 3 is 1.73 bits per heavy atom. The number of carboxylic acids is 1. The molecule has 0 aliphatic rings. The Kier molecular flexibility index (Phi) is 5.55. The molecule has 0 amide bonds. The zero-order chi connectivity index (χ0) is 18.1. The highest BCUT2D eigenvalue weighted by atomic mass is 19.4. The first-order chi connectivity index (χ1) is 9.52. The molecule has 22 heavy (non-hydrogen) atoms. The molecule has 0 aliphatic carbocycles. The van der Waals surface area contributed by atoms with Crippen molar-refractivity contribution in [2.45, 2.75) is 43.5 Å². The van der Waals surface area contributed by atoms with E-state index < -0.39 is 48.1 Å². The normalized spacial score (nSPS) is 15.4. The highest BCUT2D eigenvalue weighted by Gasteiger charge is 2.82. The molecule has 0 rings (SSSR count). The number of alkyl halides is 10. The van der Waals surface area contributed by atoms with Crippen molar-refractivity contribution in [3.8, 4) is 0 Å². The van der Waals surface area contributed by atoms with E-state index in [1.165, 1.54) is 0 Å². The van der Waals surface area contributed by atoms with Crippen molar-refractivity contribution in [3.63, 3.8) is 0 Å². The second-order valence-electron chi connectivity index (χ2n) is 4.17. The summed E-state index contributed by atoms with van der Waals surface area (Å²) in [5.74, 6) is -28.4. The third kappa shape index (κ3) is 3.29. The Morgan fingerprint density at radius 1 is 1.00 bits per heavy atom. The summed E-state index contributed by atoms with van der Waals surface area (Å²) in [6, 6.07) is 0. The lowest BCUT2D eigenvalue weighted by Gasteiger charge is -2.36. The third-order valence-corrected chi connectivity index (χ3v) is 2.55. The first-order valence-corrected chi connectivity index (χ1v) is 5.22. The van der Waals surface area contributed by atoms with E-state index in [-0.39, 0.29) is 6.08 Å². The summed E-state index contributed by atoms with van der Waals surface area (Å²) in [5.41, 5.74) is -0.959. The number of rotatable bonds is 7. The average molecular weight is 350 g/mol. The van der Waals surface area contributed by atoms with Gasteiger partial charge in [-0.2, -0.15) is 35.1 Å². The van der Waals surface area contributed by atoms with Gasteiger partial charge in [-0.25, -0.2) is 13.6 Å². The number of carbonyl (C=O) groups is 1. The molecule has 130 valence electrons. The zero-order valence-corrected chi connectivity index (χ0v) is 10.5. The summed E-state index contributed by atoms with van der Waals surface area (Å²) in [4.78, 5) is 10.2. The summed E-state index contributed by atoms with van der Waals surface area (Å²) in [5, 5.41) is 8.28. The van der Waals surface area contributed by atoms with E-state index in [0.29, 0.717) is 6.92 Å². The van der Waals surface area contributed by atoms with E-state index in [4.69, 9.17) is 5.11 Å². The first-order valence-electron chi connectivity index (χ1n) is 5.22. The van der Waals surface area contributed by atoms with E-state index in [2.05, 4.69) is 0 Å². The molecule has 12 heteroatoms. The van der Waals surface area contributed by atoms with Crippen LogP contribution in [0.5, 0.6) is 0 Å². The van der Waals surface area contributed by atoms with Crippen molar-refractivity contribution in [2.24, 2.45) is 0 Å². The highest BCUT2D eigenvalue weighted by molar-refractivity contribution is 5.85. The van der Waals surface area contributed by atoms with E-state index in [1.807, 2.05) is 0 Å². The fourth-order valence-corrected chi connectivity index (χ4v) is 1.07. The standard InChI is InChI=1S/C10H8F10O2/c1-4(5(21)22)2-3-7(13,14)9(17,18)10(19,20)8(15,16)6(11)12/h2,6H,3H2,1H3,(H,21,22). The largest absolute Gasteiger partial charge is 0.478 e. The lowest BCUT2D eigenvalue weighted by atomic mass is 9.96. The van der Waals surface area contributed by atoms with Gasteiger partial charge in [0.1, 0.15) is 0 Å². The van der Waals surface area contributed by atoms with E-state index in [1.54, 1.807) is 0 Å². The second-order valence-corrected chi connectivity index (χ2v) is 4.17. The van der Waals surface area contributed by atoms with Gasteiger partial charge in [0.15, 0.2) is 0 Å². The molecule has 0 radical (unpaired) electrons. The molecule has 0 unspecified atom stereocenters. The van der Waals surface area contributed by atoms with Gasteiger partial charge >= 0.3 is 36.1 Å². The van der Waals surface area contributed by atoms with Gasteiger partial charge in [0, 0.05) is 12.0 Å². The van der Waals surface area contributed by atoms with Gasteiger partial charge < -0.3 is 5.11 Å². The topological polar surface area (TPSA) is 37.3 Å². The summed E-state index contributed by atoms with van der Waals surface area (Å²) in [7, 11) is 0. The van der Waals surface area contributed by atoms with Crippen molar-refractivity contribution in [1.82, 2.24) is 0 Å². The maximum atomic E-state index is 13.1. The second kappa shape index (κ2) is 5.95. The minimum atomic E-state index is -7.07. The third-order valence-electron chi connectivity index (χ3n) is 2.55.